The second-order valence-corrected chi connectivity index (χ2v) is 8.79. The normalized spacial score (nSPS) is 20.5. The molecular formula is C26H25FN4O5. The molecule has 2 aliphatic heterocycles. The molecule has 2 bridgehead atoms. The van der Waals surface area contributed by atoms with Crippen LogP contribution in [0.2, 0.25) is 0 Å². The van der Waals surface area contributed by atoms with E-state index in [0.717, 1.165) is 11.6 Å². The number of aromatic nitrogens is 1. The van der Waals surface area contributed by atoms with Gasteiger partial charge in [0.1, 0.15) is 23.9 Å². The van der Waals surface area contributed by atoms with Crippen LogP contribution in [0.25, 0.3) is 11.3 Å². The average Bonchev–Trinajstić information content (AvgIpc) is 3.53. The molecule has 0 spiro atoms. The largest absolute Gasteiger partial charge is 0.491 e. The lowest BCUT2D eigenvalue weighted by molar-refractivity contribution is -0.122. The summed E-state index contributed by atoms with van der Waals surface area (Å²) in [4.78, 5) is 40.7. The molecule has 2 atom stereocenters. The minimum Gasteiger partial charge on any atom is -0.491 e. The van der Waals surface area contributed by atoms with Crippen molar-refractivity contribution in [2.75, 3.05) is 19.7 Å². The molecule has 0 aliphatic carbocycles. The highest BCUT2D eigenvalue weighted by atomic mass is 19.1. The summed E-state index contributed by atoms with van der Waals surface area (Å²) in [6.07, 6.45) is 1.27. The molecule has 0 saturated carbocycles. The van der Waals surface area contributed by atoms with Crippen molar-refractivity contribution < 1.29 is 28.0 Å². The summed E-state index contributed by atoms with van der Waals surface area (Å²) in [5, 5.41) is 9.62. The van der Waals surface area contributed by atoms with Crippen molar-refractivity contribution in [1.29, 1.82) is 0 Å². The van der Waals surface area contributed by atoms with E-state index >= 15 is 0 Å². The molecule has 3 amide bonds. The molecule has 3 heterocycles. The predicted octanol–water partition coefficient (Wildman–Crippen LogP) is 2.78. The lowest BCUT2D eigenvalue weighted by Gasteiger charge is -2.30. The van der Waals surface area contributed by atoms with Crippen LogP contribution in [0, 0.1) is 5.82 Å². The van der Waals surface area contributed by atoms with Gasteiger partial charge in [0.25, 0.3) is 11.8 Å². The summed E-state index contributed by atoms with van der Waals surface area (Å²) in [7, 11) is 0. The van der Waals surface area contributed by atoms with Gasteiger partial charge in [0.05, 0.1) is 12.1 Å². The molecule has 10 heteroatoms. The molecule has 3 aromatic rings. The van der Waals surface area contributed by atoms with Gasteiger partial charge in [-0.3, -0.25) is 14.4 Å². The highest BCUT2D eigenvalue weighted by molar-refractivity contribution is 5.97. The molecule has 2 aliphatic rings. The van der Waals surface area contributed by atoms with Gasteiger partial charge in [-0.15, -0.1) is 0 Å². The standard InChI is InChI=1S/C26H25FN4O5/c27-17-6-9-22-20(12-17)25(33)29-15-19-8-7-18(13-24(32)28-10-11-35-22)31(19)26(34)23-14-21(30-36-23)16-4-2-1-3-5-16/h1-6,9,12,14,18-19H,7-8,10-11,13,15H2,(H,28,32)(H,29,33)/t18-,19+/m0/s1. The van der Waals surface area contributed by atoms with Gasteiger partial charge < -0.3 is 24.8 Å². The highest BCUT2D eigenvalue weighted by Crippen LogP contribution is 2.30. The summed E-state index contributed by atoms with van der Waals surface area (Å²) in [5.74, 6) is -1.43. The quantitative estimate of drug-likeness (QED) is 0.569. The lowest BCUT2D eigenvalue weighted by atomic mass is 10.1. The Labute approximate surface area is 206 Å². The molecule has 2 N–H and O–H groups in total. The molecule has 1 aromatic heterocycles. The van der Waals surface area contributed by atoms with E-state index in [-0.39, 0.29) is 61.2 Å². The van der Waals surface area contributed by atoms with Crippen molar-refractivity contribution in [2.45, 2.75) is 31.3 Å². The van der Waals surface area contributed by atoms with E-state index in [1.165, 1.54) is 12.1 Å². The van der Waals surface area contributed by atoms with Crippen molar-refractivity contribution in [1.82, 2.24) is 20.7 Å². The second kappa shape index (κ2) is 10.2. The predicted molar refractivity (Wildman–Crippen MR) is 127 cm³/mol. The Kier molecular flexibility index (Phi) is 6.66. The van der Waals surface area contributed by atoms with Gasteiger partial charge >= 0.3 is 0 Å². The molecule has 9 nitrogen and oxygen atoms in total. The van der Waals surface area contributed by atoms with Crippen LogP contribution in [0.3, 0.4) is 0 Å². The van der Waals surface area contributed by atoms with Crippen molar-refractivity contribution in [3.05, 3.63) is 71.7 Å². The van der Waals surface area contributed by atoms with E-state index in [0.29, 0.717) is 18.5 Å². The number of hydrogen-bond acceptors (Lipinski definition) is 6. The van der Waals surface area contributed by atoms with Gasteiger partial charge in [-0.1, -0.05) is 35.5 Å². The molecule has 2 aromatic carbocycles. The number of carbonyl (C=O) groups excluding carboxylic acids is 3. The van der Waals surface area contributed by atoms with Crippen LogP contribution < -0.4 is 15.4 Å². The Morgan fingerprint density at radius 3 is 2.67 bits per heavy atom. The number of nitrogens with zero attached hydrogens (tertiary/aromatic N) is 2. The highest BCUT2D eigenvalue weighted by Gasteiger charge is 2.40. The summed E-state index contributed by atoms with van der Waals surface area (Å²) >= 11 is 0. The Bertz CT molecular complexity index is 1280. The first-order chi connectivity index (χ1) is 17.5. The van der Waals surface area contributed by atoms with Gasteiger partial charge in [0.2, 0.25) is 11.7 Å². The Balaban J connectivity index is 1.41. The first-order valence-corrected chi connectivity index (χ1v) is 11.8. The molecule has 36 heavy (non-hydrogen) atoms. The summed E-state index contributed by atoms with van der Waals surface area (Å²) < 4.78 is 24.9. The van der Waals surface area contributed by atoms with E-state index in [2.05, 4.69) is 15.8 Å². The number of benzene rings is 2. The first-order valence-electron chi connectivity index (χ1n) is 11.8. The molecule has 0 radical (unpaired) electrons. The number of nitrogens with one attached hydrogen (secondary N) is 2. The third-order valence-electron chi connectivity index (χ3n) is 6.43. The van der Waals surface area contributed by atoms with E-state index in [4.69, 9.17) is 9.26 Å². The molecule has 5 rings (SSSR count). The van der Waals surface area contributed by atoms with Crippen molar-refractivity contribution >= 4 is 17.7 Å². The van der Waals surface area contributed by atoms with E-state index in [1.54, 1.807) is 11.0 Å². The van der Waals surface area contributed by atoms with Crippen LogP contribution >= 0.6 is 0 Å². The smallest absolute Gasteiger partial charge is 0.293 e. The fraction of sp³-hybridized carbons (Fsp3) is 0.308. The van der Waals surface area contributed by atoms with Gasteiger partial charge in [0, 0.05) is 36.7 Å². The van der Waals surface area contributed by atoms with Crippen LogP contribution in [0.4, 0.5) is 4.39 Å². The minimum absolute atomic E-state index is 0.0496. The maximum atomic E-state index is 13.9. The van der Waals surface area contributed by atoms with Gasteiger partial charge in [0.15, 0.2) is 0 Å². The molecule has 0 unspecified atom stereocenters. The minimum atomic E-state index is -0.570. The number of hydrogen-bond donors (Lipinski definition) is 2. The number of amides is 3. The first kappa shape index (κ1) is 23.5. The lowest BCUT2D eigenvalue weighted by Crippen LogP contribution is -2.48. The Hall–Kier alpha value is -4.21. The van der Waals surface area contributed by atoms with E-state index in [9.17, 15) is 18.8 Å². The number of ether oxygens (including phenoxy) is 1. The van der Waals surface area contributed by atoms with Crippen LogP contribution in [-0.4, -0.2) is 59.6 Å². The number of halogens is 1. The zero-order valence-electron chi connectivity index (χ0n) is 19.4. The molecule has 186 valence electrons. The third kappa shape index (κ3) is 4.93. The Morgan fingerprint density at radius 2 is 1.83 bits per heavy atom. The van der Waals surface area contributed by atoms with Crippen LogP contribution in [0.1, 0.15) is 40.2 Å². The molecule has 1 fully saturated rings. The van der Waals surface area contributed by atoms with Gasteiger partial charge in [-0.2, -0.15) is 0 Å². The van der Waals surface area contributed by atoms with Gasteiger partial charge in [-0.25, -0.2) is 4.39 Å². The summed E-state index contributed by atoms with van der Waals surface area (Å²) in [6.45, 7) is 0.427. The summed E-state index contributed by atoms with van der Waals surface area (Å²) in [5.41, 5.74) is 1.38. The van der Waals surface area contributed by atoms with Crippen LogP contribution in [0.5, 0.6) is 5.75 Å². The zero-order valence-corrected chi connectivity index (χ0v) is 19.4. The van der Waals surface area contributed by atoms with Crippen molar-refractivity contribution in [3.63, 3.8) is 0 Å². The monoisotopic (exact) mass is 492 g/mol. The third-order valence-corrected chi connectivity index (χ3v) is 6.43. The number of carbonyl (C=O) groups is 3. The zero-order chi connectivity index (χ0) is 25.1. The van der Waals surface area contributed by atoms with Crippen molar-refractivity contribution in [2.24, 2.45) is 0 Å². The van der Waals surface area contributed by atoms with Crippen molar-refractivity contribution in [3.8, 4) is 17.0 Å². The molecular weight excluding hydrogens is 467 g/mol. The average molecular weight is 493 g/mol. The maximum Gasteiger partial charge on any atom is 0.293 e. The van der Waals surface area contributed by atoms with Crippen LogP contribution in [-0.2, 0) is 4.79 Å². The molecule has 1 saturated heterocycles. The van der Waals surface area contributed by atoms with E-state index in [1.807, 2.05) is 30.3 Å². The fourth-order valence-corrected chi connectivity index (χ4v) is 4.69. The van der Waals surface area contributed by atoms with E-state index < -0.39 is 17.6 Å². The number of rotatable bonds is 2. The maximum absolute atomic E-state index is 13.9. The second-order valence-electron chi connectivity index (χ2n) is 8.79. The topological polar surface area (TPSA) is 114 Å². The number of fused-ring (bicyclic) bond motifs is 3. The van der Waals surface area contributed by atoms with Gasteiger partial charge in [-0.05, 0) is 31.0 Å². The summed E-state index contributed by atoms with van der Waals surface area (Å²) in [6, 6.07) is 13.9. The SMILES string of the molecule is O=C1C[C@@H]2CC[C@H](CNC(=O)c3cc(F)ccc3OCCN1)N2C(=O)c1cc(-c2ccccc2)no1. The fourth-order valence-electron chi connectivity index (χ4n) is 4.69. The van der Waals surface area contributed by atoms with Crippen LogP contribution in [0.15, 0.2) is 59.1 Å². The Morgan fingerprint density at radius 1 is 1.03 bits per heavy atom.